The average Bonchev–Trinajstić information content (AvgIpc) is 2.26. The molecule has 0 aliphatic carbocycles. The van der Waals surface area contributed by atoms with Crippen molar-refractivity contribution in [2.24, 2.45) is 11.7 Å². The number of hydrogen-bond acceptors (Lipinski definition) is 2. The Kier molecular flexibility index (Phi) is 6.60. The highest BCUT2D eigenvalue weighted by Crippen LogP contribution is 2.20. The van der Waals surface area contributed by atoms with E-state index in [2.05, 4.69) is 13.8 Å². The number of hydrogen-bond donors (Lipinski definition) is 1. The van der Waals surface area contributed by atoms with Gasteiger partial charge in [-0.2, -0.15) is 0 Å². The number of thioether (sulfide) groups is 1. The summed E-state index contributed by atoms with van der Waals surface area (Å²) < 4.78 is 12.9. The van der Waals surface area contributed by atoms with Gasteiger partial charge in [-0.1, -0.05) is 32.8 Å². The SMILES string of the molecule is CC(C)CCCC(N)CSc1cccc(F)c1. The minimum Gasteiger partial charge on any atom is -0.327 e. The predicted octanol–water partition coefficient (Wildman–Crippen LogP) is 4.07. The lowest BCUT2D eigenvalue weighted by Gasteiger charge is -2.12. The third-order valence-electron chi connectivity index (χ3n) is 2.62. The van der Waals surface area contributed by atoms with Crippen LogP contribution >= 0.6 is 11.8 Å². The summed E-state index contributed by atoms with van der Waals surface area (Å²) in [5, 5.41) is 0. The van der Waals surface area contributed by atoms with Gasteiger partial charge in [-0.3, -0.25) is 0 Å². The van der Waals surface area contributed by atoms with Crippen LogP contribution in [0.5, 0.6) is 0 Å². The van der Waals surface area contributed by atoms with Gasteiger partial charge in [-0.15, -0.1) is 11.8 Å². The summed E-state index contributed by atoms with van der Waals surface area (Å²) in [7, 11) is 0. The van der Waals surface area contributed by atoms with Crippen LogP contribution in [0, 0.1) is 11.7 Å². The number of halogens is 1. The monoisotopic (exact) mass is 255 g/mol. The van der Waals surface area contributed by atoms with E-state index < -0.39 is 0 Å². The molecular formula is C14H22FNS. The lowest BCUT2D eigenvalue weighted by Crippen LogP contribution is -2.22. The molecule has 0 saturated heterocycles. The first-order valence-electron chi connectivity index (χ1n) is 6.22. The van der Waals surface area contributed by atoms with Crippen LogP contribution in [-0.4, -0.2) is 11.8 Å². The van der Waals surface area contributed by atoms with Gasteiger partial charge in [0.25, 0.3) is 0 Å². The third kappa shape index (κ3) is 6.69. The van der Waals surface area contributed by atoms with E-state index in [-0.39, 0.29) is 11.9 Å². The Labute approximate surface area is 108 Å². The standard InChI is InChI=1S/C14H22FNS/c1-11(2)5-3-7-13(16)10-17-14-8-4-6-12(15)9-14/h4,6,8-9,11,13H,3,5,7,10,16H2,1-2H3. The first kappa shape index (κ1) is 14.5. The average molecular weight is 255 g/mol. The highest BCUT2D eigenvalue weighted by Gasteiger charge is 2.05. The van der Waals surface area contributed by atoms with Gasteiger partial charge >= 0.3 is 0 Å². The maximum Gasteiger partial charge on any atom is 0.124 e. The molecule has 0 saturated carbocycles. The normalized spacial score (nSPS) is 13.0. The van der Waals surface area contributed by atoms with Gasteiger partial charge in [0, 0.05) is 16.7 Å². The molecule has 0 spiro atoms. The van der Waals surface area contributed by atoms with Crippen LogP contribution in [0.2, 0.25) is 0 Å². The van der Waals surface area contributed by atoms with E-state index in [4.69, 9.17) is 5.73 Å². The molecule has 0 aliphatic heterocycles. The number of rotatable bonds is 7. The maximum absolute atomic E-state index is 12.9. The van der Waals surface area contributed by atoms with Crippen LogP contribution in [0.15, 0.2) is 29.2 Å². The Balaban J connectivity index is 2.21. The fourth-order valence-corrected chi connectivity index (χ4v) is 2.58. The quantitative estimate of drug-likeness (QED) is 0.743. The van der Waals surface area contributed by atoms with Crippen molar-refractivity contribution >= 4 is 11.8 Å². The highest BCUT2D eigenvalue weighted by atomic mass is 32.2. The second kappa shape index (κ2) is 7.72. The number of nitrogens with two attached hydrogens (primary N) is 1. The van der Waals surface area contributed by atoms with Crippen molar-refractivity contribution < 1.29 is 4.39 Å². The molecule has 0 heterocycles. The van der Waals surface area contributed by atoms with Crippen LogP contribution in [-0.2, 0) is 0 Å². The molecule has 1 atom stereocenters. The van der Waals surface area contributed by atoms with Crippen molar-refractivity contribution in [3.05, 3.63) is 30.1 Å². The van der Waals surface area contributed by atoms with Crippen molar-refractivity contribution in [2.75, 3.05) is 5.75 Å². The minimum atomic E-state index is -0.177. The Bertz CT molecular complexity index is 328. The summed E-state index contributed by atoms with van der Waals surface area (Å²) in [4.78, 5) is 0.962. The van der Waals surface area contributed by atoms with Crippen LogP contribution in [0.1, 0.15) is 33.1 Å². The zero-order chi connectivity index (χ0) is 12.7. The Morgan fingerprint density at radius 3 is 2.71 bits per heavy atom. The van der Waals surface area contributed by atoms with Gasteiger partial charge in [0.05, 0.1) is 0 Å². The number of benzene rings is 1. The fourth-order valence-electron chi connectivity index (χ4n) is 1.63. The molecule has 1 aromatic rings. The molecule has 0 bridgehead atoms. The molecule has 0 amide bonds. The second-order valence-corrected chi connectivity index (χ2v) is 5.95. The van der Waals surface area contributed by atoms with E-state index in [1.807, 2.05) is 6.07 Å². The molecule has 17 heavy (non-hydrogen) atoms. The second-order valence-electron chi connectivity index (χ2n) is 4.85. The Morgan fingerprint density at radius 2 is 2.06 bits per heavy atom. The smallest absolute Gasteiger partial charge is 0.124 e. The topological polar surface area (TPSA) is 26.0 Å². The van der Waals surface area contributed by atoms with Crippen molar-refractivity contribution in [3.63, 3.8) is 0 Å². The van der Waals surface area contributed by atoms with Gasteiger partial charge in [-0.25, -0.2) is 4.39 Å². The summed E-state index contributed by atoms with van der Waals surface area (Å²) in [6, 6.07) is 6.90. The molecule has 1 rings (SSSR count). The summed E-state index contributed by atoms with van der Waals surface area (Å²) in [6.45, 7) is 4.46. The molecule has 1 unspecified atom stereocenters. The van der Waals surface area contributed by atoms with E-state index in [9.17, 15) is 4.39 Å². The molecular weight excluding hydrogens is 233 g/mol. The first-order valence-corrected chi connectivity index (χ1v) is 7.20. The zero-order valence-corrected chi connectivity index (χ0v) is 11.5. The molecule has 96 valence electrons. The summed E-state index contributed by atoms with van der Waals surface area (Å²) >= 11 is 1.64. The van der Waals surface area contributed by atoms with Gasteiger partial charge in [0.2, 0.25) is 0 Å². The van der Waals surface area contributed by atoms with Gasteiger partial charge in [0.1, 0.15) is 5.82 Å². The van der Waals surface area contributed by atoms with E-state index in [0.717, 1.165) is 23.0 Å². The highest BCUT2D eigenvalue weighted by molar-refractivity contribution is 7.99. The van der Waals surface area contributed by atoms with E-state index in [1.165, 1.54) is 18.9 Å². The first-order chi connectivity index (χ1) is 8.08. The minimum absolute atomic E-state index is 0.177. The van der Waals surface area contributed by atoms with Gasteiger partial charge < -0.3 is 5.73 Å². The van der Waals surface area contributed by atoms with Crippen molar-refractivity contribution in [3.8, 4) is 0 Å². The van der Waals surface area contributed by atoms with Crippen molar-refractivity contribution in [1.82, 2.24) is 0 Å². The molecule has 3 heteroatoms. The van der Waals surface area contributed by atoms with Crippen LogP contribution in [0.4, 0.5) is 4.39 Å². The molecule has 0 aliphatic rings. The Morgan fingerprint density at radius 1 is 1.29 bits per heavy atom. The molecule has 0 fully saturated rings. The molecule has 0 radical (unpaired) electrons. The molecule has 1 aromatic carbocycles. The van der Waals surface area contributed by atoms with Crippen molar-refractivity contribution in [2.45, 2.75) is 44.0 Å². The lowest BCUT2D eigenvalue weighted by molar-refractivity contribution is 0.513. The summed E-state index contributed by atoms with van der Waals surface area (Å²) in [6.07, 6.45) is 3.47. The van der Waals surface area contributed by atoms with Crippen LogP contribution < -0.4 is 5.73 Å². The van der Waals surface area contributed by atoms with E-state index >= 15 is 0 Å². The summed E-state index contributed by atoms with van der Waals surface area (Å²) in [5.74, 6) is 1.43. The fraction of sp³-hybridized carbons (Fsp3) is 0.571. The largest absolute Gasteiger partial charge is 0.327 e. The van der Waals surface area contributed by atoms with Crippen LogP contribution in [0.3, 0.4) is 0 Å². The van der Waals surface area contributed by atoms with Crippen molar-refractivity contribution in [1.29, 1.82) is 0 Å². The van der Waals surface area contributed by atoms with E-state index in [0.29, 0.717) is 0 Å². The van der Waals surface area contributed by atoms with Gasteiger partial charge in [0.15, 0.2) is 0 Å². The summed E-state index contributed by atoms with van der Waals surface area (Å²) in [5.41, 5.74) is 6.03. The molecule has 0 aromatic heterocycles. The predicted molar refractivity (Wildman–Crippen MR) is 73.8 cm³/mol. The Hall–Kier alpha value is -0.540. The van der Waals surface area contributed by atoms with Crippen LogP contribution in [0.25, 0.3) is 0 Å². The lowest BCUT2D eigenvalue weighted by atomic mass is 10.0. The zero-order valence-electron chi connectivity index (χ0n) is 10.7. The maximum atomic E-state index is 12.9. The van der Waals surface area contributed by atoms with E-state index in [1.54, 1.807) is 23.9 Å². The molecule has 2 N–H and O–H groups in total. The molecule has 1 nitrogen and oxygen atoms in total. The van der Waals surface area contributed by atoms with Gasteiger partial charge in [-0.05, 0) is 30.5 Å². The third-order valence-corrected chi connectivity index (χ3v) is 3.80.